The second-order valence-electron chi connectivity index (χ2n) is 5.77. The lowest BCUT2D eigenvalue weighted by Gasteiger charge is -2.17. The average molecular weight is 322 g/mol. The lowest BCUT2D eigenvalue weighted by Crippen LogP contribution is -2.19. The van der Waals surface area contributed by atoms with E-state index in [2.05, 4.69) is 29.3 Å². The van der Waals surface area contributed by atoms with Gasteiger partial charge in [0.25, 0.3) is 0 Å². The van der Waals surface area contributed by atoms with Crippen LogP contribution in [0.1, 0.15) is 18.1 Å². The fourth-order valence-corrected chi connectivity index (χ4v) is 2.95. The average Bonchev–Trinajstić information content (AvgIpc) is 3.02. The summed E-state index contributed by atoms with van der Waals surface area (Å²) in [5.74, 6) is 0.634. The number of likely N-dealkylation sites (N-methyl/N-ethyl adjacent to an activating group) is 1. The van der Waals surface area contributed by atoms with Gasteiger partial charge in [-0.3, -0.25) is 4.79 Å². The van der Waals surface area contributed by atoms with E-state index < -0.39 is 0 Å². The molecule has 0 fully saturated rings. The largest absolute Gasteiger partial charge is 0.497 e. The molecule has 124 valence electrons. The first kappa shape index (κ1) is 16.1. The maximum atomic E-state index is 12.1. The summed E-state index contributed by atoms with van der Waals surface area (Å²) >= 11 is 0. The number of ether oxygens (including phenoxy) is 1. The highest BCUT2D eigenvalue weighted by molar-refractivity contribution is 6.02. The van der Waals surface area contributed by atoms with Crippen molar-refractivity contribution in [3.8, 4) is 5.75 Å². The van der Waals surface area contributed by atoms with Crippen LogP contribution in [0.15, 0.2) is 48.5 Å². The second-order valence-corrected chi connectivity index (χ2v) is 5.77. The van der Waals surface area contributed by atoms with Crippen molar-refractivity contribution in [2.24, 2.45) is 0 Å². The normalized spacial score (nSPS) is 13.2. The van der Waals surface area contributed by atoms with Gasteiger partial charge in [-0.05, 0) is 54.8 Å². The second kappa shape index (κ2) is 7.21. The third-order valence-electron chi connectivity index (χ3n) is 4.25. The van der Waals surface area contributed by atoms with Crippen LogP contribution in [-0.2, 0) is 11.2 Å². The van der Waals surface area contributed by atoms with Crippen molar-refractivity contribution >= 4 is 23.4 Å². The maximum Gasteiger partial charge on any atom is 0.248 e. The quantitative estimate of drug-likeness (QED) is 0.853. The number of nitrogens with zero attached hydrogens (tertiary/aromatic N) is 1. The highest BCUT2D eigenvalue weighted by Crippen LogP contribution is 2.30. The van der Waals surface area contributed by atoms with E-state index in [1.165, 1.54) is 11.3 Å². The van der Waals surface area contributed by atoms with Gasteiger partial charge in [0.2, 0.25) is 5.91 Å². The fourth-order valence-electron chi connectivity index (χ4n) is 2.95. The zero-order valence-electron chi connectivity index (χ0n) is 14.1. The van der Waals surface area contributed by atoms with E-state index >= 15 is 0 Å². The van der Waals surface area contributed by atoms with E-state index in [0.717, 1.165) is 36.5 Å². The van der Waals surface area contributed by atoms with E-state index in [0.29, 0.717) is 0 Å². The van der Waals surface area contributed by atoms with Crippen LogP contribution in [0.3, 0.4) is 0 Å². The zero-order valence-corrected chi connectivity index (χ0v) is 14.1. The predicted octanol–water partition coefficient (Wildman–Crippen LogP) is 3.73. The monoisotopic (exact) mass is 322 g/mol. The molecule has 1 aliphatic rings. The summed E-state index contributed by atoms with van der Waals surface area (Å²) in [6, 6.07) is 13.7. The lowest BCUT2D eigenvalue weighted by atomic mass is 10.1. The van der Waals surface area contributed by atoms with Crippen molar-refractivity contribution in [1.82, 2.24) is 0 Å². The van der Waals surface area contributed by atoms with Gasteiger partial charge in [0, 0.05) is 30.5 Å². The maximum absolute atomic E-state index is 12.1. The van der Waals surface area contributed by atoms with Gasteiger partial charge in [-0.2, -0.15) is 0 Å². The van der Waals surface area contributed by atoms with Gasteiger partial charge in [0.1, 0.15) is 5.75 Å². The number of amides is 1. The van der Waals surface area contributed by atoms with Crippen LogP contribution in [0.4, 0.5) is 11.4 Å². The molecule has 0 bridgehead atoms. The first-order chi connectivity index (χ1) is 11.7. The molecule has 3 rings (SSSR count). The molecule has 0 atom stereocenters. The van der Waals surface area contributed by atoms with Crippen molar-refractivity contribution in [3.63, 3.8) is 0 Å². The Hall–Kier alpha value is -2.75. The molecule has 0 spiro atoms. The molecule has 1 N–H and O–H groups in total. The van der Waals surface area contributed by atoms with Crippen molar-refractivity contribution in [3.05, 3.63) is 59.7 Å². The number of rotatable bonds is 5. The van der Waals surface area contributed by atoms with E-state index in [4.69, 9.17) is 4.74 Å². The highest BCUT2D eigenvalue weighted by Gasteiger charge is 2.17. The molecule has 4 nitrogen and oxygen atoms in total. The summed E-state index contributed by atoms with van der Waals surface area (Å²) in [5, 5.41) is 2.93. The standard InChI is InChI=1S/C20H22N2O2/c1-3-22-12-11-16-8-9-17(14-19(16)22)21-20(23)10-7-15-5-4-6-18(13-15)24-2/h4-10,13-14H,3,11-12H2,1-2H3,(H,21,23)/b10-7+. The van der Waals surface area contributed by atoms with Crippen LogP contribution in [-0.4, -0.2) is 26.1 Å². The number of hydrogen-bond donors (Lipinski definition) is 1. The van der Waals surface area contributed by atoms with Gasteiger partial charge in [0.15, 0.2) is 0 Å². The molecule has 0 unspecified atom stereocenters. The Labute approximate surface area is 142 Å². The summed E-state index contributed by atoms with van der Waals surface area (Å²) < 4.78 is 5.18. The number of methoxy groups -OCH3 is 1. The summed E-state index contributed by atoms with van der Waals surface area (Å²) in [7, 11) is 1.63. The Kier molecular flexibility index (Phi) is 4.85. The molecule has 0 saturated carbocycles. The predicted molar refractivity (Wildman–Crippen MR) is 98.7 cm³/mol. The van der Waals surface area contributed by atoms with Crippen LogP contribution in [0.2, 0.25) is 0 Å². The van der Waals surface area contributed by atoms with Gasteiger partial charge < -0.3 is 15.0 Å². The summed E-state index contributed by atoms with van der Waals surface area (Å²) in [4.78, 5) is 14.5. The number of carbonyl (C=O) groups excluding carboxylic acids is 1. The molecule has 0 aromatic heterocycles. The van der Waals surface area contributed by atoms with Crippen molar-refractivity contribution in [1.29, 1.82) is 0 Å². The summed E-state index contributed by atoms with van der Waals surface area (Å²) in [6.07, 6.45) is 4.40. The minimum absolute atomic E-state index is 0.140. The van der Waals surface area contributed by atoms with E-state index in [9.17, 15) is 4.79 Å². The van der Waals surface area contributed by atoms with E-state index in [-0.39, 0.29) is 5.91 Å². The lowest BCUT2D eigenvalue weighted by molar-refractivity contribution is -0.111. The van der Waals surface area contributed by atoms with Crippen LogP contribution in [0.5, 0.6) is 5.75 Å². The van der Waals surface area contributed by atoms with E-state index in [1.807, 2.05) is 30.3 Å². The van der Waals surface area contributed by atoms with Gasteiger partial charge in [-0.25, -0.2) is 0 Å². The Bertz CT molecular complexity index is 768. The van der Waals surface area contributed by atoms with Crippen LogP contribution >= 0.6 is 0 Å². The van der Waals surface area contributed by atoms with Gasteiger partial charge in [-0.15, -0.1) is 0 Å². The third kappa shape index (κ3) is 3.59. The van der Waals surface area contributed by atoms with Gasteiger partial charge in [-0.1, -0.05) is 18.2 Å². The number of nitrogens with one attached hydrogen (secondary N) is 1. The molecule has 1 heterocycles. The fraction of sp³-hybridized carbons (Fsp3) is 0.250. The molecule has 0 aliphatic carbocycles. The molecule has 24 heavy (non-hydrogen) atoms. The van der Waals surface area contributed by atoms with Crippen molar-refractivity contribution in [2.75, 3.05) is 30.4 Å². The Morgan fingerprint density at radius 1 is 1.29 bits per heavy atom. The molecule has 0 saturated heterocycles. The number of carbonyl (C=O) groups is 1. The smallest absolute Gasteiger partial charge is 0.248 e. The molecular weight excluding hydrogens is 300 g/mol. The highest BCUT2D eigenvalue weighted by atomic mass is 16.5. The molecule has 2 aromatic rings. The van der Waals surface area contributed by atoms with Gasteiger partial charge >= 0.3 is 0 Å². The zero-order chi connectivity index (χ0) is 16.9. The third-order valence-corrected chi connectivity index (χ3v) is 4.25. The van der Waals surface area contributed by atoms with Gasteiger partial charge in [0.05, 0.1) is 7.11 Å². The topological polar surface area (TPSA) is 41.6 Å². The molecule has 1 amide bonds. The molecule has 2 aromatic carbocycles. The van der Waals surface area contributed by atoms with Crippen molar-refractivity contribution in [2.45, 2.75) is 13.3 Å². The number of fused-ring (bicyclic) bond motifs is 1. The first-order valence-corrected chi connectivity index (χ1v) is 8.20. The van der Waals surface area contributed by atoms with Crippen LogP contribution in [0.25, 0.3) is 6.08 Å². The minimum atomic E-state index is -0.140. The molecule has 1 aliphatic heterocycles. The summed E-state index contributed by atoms with van der Waals surface area (Å²) in [5.41, 5.74) is 4.33. The minimum Gasteiger partial charge on any atom is -0.497 e. The SMILES string of the molecule is CCN1CCc2ccc(NC(=O)/C=C/c3cccc(OC)c3)cc21. The van der Waals surface area contributed by atoms with E-state index in [1.54, 1.807) is 19.3 Å². The first-order valence-electron chi connectivity index (χ1n) is 8.20. The van der Waals surface area contributed by atoms with Crippen LogP contribution in [0, 0.1) is 0 Å². The number of benzene rings is 2. The Morgan fingerprint density at radius 3 is 2.96 bits per heavy atom. The number of hydrogen-bond acceptors (Lipinski definition) is 3. The molecule has 4 heteroatoms. The molecule has 0 radical (unpaired) electrons. The molecular formula is C20H22N2O2. The Morgan fingerprint density at radius 2 is 2.17 bits per heavy atom. The summed E-state index contributed by atoms with van der Waals surface area (Å²) in [6.45, 7) is 4.19. The van der Waals surface area contributed by atoms with Crippen molar-refractivity contribution < 1.29 is 9.53 Å². The van der Waals surface area contributed by atoms with Crippen LogP contribution < -0.4 is 15.0 Å². The Balaban J connectivity index is 1.68. The number of anilines is 2.